The SMILES string of the molecule is CC(C)(C)N=C1OC2(OC13C(=O)NC(=O)NC3=O)C(=O)NC(=O)NC2=O. The quantitative estimate of drug-likeness (QED) is 0.336. The van der Waals surface area contributed by atoms with Crippen LogP contribution in [0.15, 0.2) is 4.99 Å². The van der Waals surface area contributed by atoms with Crippen molar-refractivity contribution in [3.8, 4) is 0 Å². The molecular weight excluding hydrogens is 354 g/mol. The molecule has 3 saturated heterocycles. The Morgan fingerprint density at radius 2 is 1.19 bits per heavy atom. The van der Waals surface area contributed by atoms with Crippen LogP contribution in [-0.4, -0.2) is 58.5 Å². The van der Waals surface area contributed by atoms with Gasteiger partial charge in [-0.25, -0.2) is 14.6 Å². The fraction of sp³-hybridized carbons (Fsp3) is 0.462. The van der Waals surface area contributed by atoms with Crippen LogP contribution in [-0.2, 0) is 28.7 Å². The van der Waals surface area contributed by atoms with Crippen molar-refractivity contribution in [3.05, 3.63) is 0 Å². The predicted octanol–water partition coefficient (Wildman–Crippen LogP) is -2.60. The number of rotatable bonds is 0. The second kappa shape index (κ2) is 5.08. The van der Waals surface area contributed by atoms with Crippen molar-refractivity contribution < 1.29 is 38.2 Å². The van der Waals surface area contributed by atoms with Gasteiger partial charge in [-0.2, -0.15) is 0 Å². The van der Waals surface area contributed by atoms with Crippen LogP contribution in [0.1, 0.15) is 20.8 Å². The van der Waals surface area contributed by atoms with Gasteiger partial charge in [0, 0.05) is 0 Å². The van der Waals surface area contributed by atoms with Gasteiger partial charge in [0.15, 0.2) is 0 Å². The van der Waals surface area contributed by atoms with Crippen LogP contribution in [0.2, 0.25) is 0 Å². The van der Waals surface area contributed by atoms with E-state index in [0.29, 0.717) is 0 Å². The molecule has 0 bridgehead atoms. The molecule has 26 heavy (non-hydrogen) atoms. The van der Waals surface area contributed by atoms with E-state index in [2.05, 4.69) is 4.99 Å². The number of ether oxygens (including phenoxy) is 2. The number of nitrogens with zero attached hydrogens (tertiary/aromatic N) is 1. The maximum atomic E-state index is 12.4. The minimum Gasteiger partial charge on any atom is -0.428 e. The second-order valence-corrected chi connectivity index (χ2v) is 6.56. The van der Waals surface area contributed by atoms with Crippen LogP contribution in [0.5, 0.6) is 0 Å². The van der Waals surface area contributed by atoms with E-state index in [1.165, 1.54) is 0 Å². The molecule has 0 unspecified atom stereocenters. The molecule has 3 rings (SSSR count). The van der Waals surface area contributed by atoms with Crippen molar-refractivity contribution in [2.24, 2.45) is 4.99 Å². The fourth-order valence-corrected chi connectivity index (χ4v) is 2.39. The third-order valence-corrected chi connectivity index (χ3v) is 3.42. The Hall–Kier alpha value is -3.35. The third kappa shape index (κ3) is 2.32. The van der Waals surface area contributed by atoms with Gasteiger partial charge in [0.2, 0.25) is 5.90 Å². The van der Waals surface area contributed by atoms with Crippen LogP contribution in [0.4, 0.5) is 9.59 Å². The topological polar surface area (TPSA) is 181 Å². The molecule has 0 radical (unpaired) electrons. The lowest BCUT2D eigenvalue weighted by molar-refractivity contribution is -0.202. The van der Waals surface area contributed by atoms with Gasteiger partial charge >= 0.3 is 35.3 Å². The highest BCUT2D eigenvalue weighted by Gasteiger charge is 2.74. The van der Waals surface area contributed by atoms with E-state index in [-0.39, 0.29) is 0 Å². The monoisotopic (exact) mass is 367 g/mol. The first-order valence-corrected chi connectivity index (χ1v) is 7.24. The van der Waals surface area contributed by atoms with Crippen LogP contribution in [0.25, 0.3) is 0 Å². The number of hydrogen-bond acceptors (Lipinski definition) is 9. The molecule has 0 aromatic carbocycles. The highest BCUT2D eigenvalue weighted by Crippen LogP contribution is 2.38. The summed E-state index contributed by atoms with van der Waals surface area (Å²) in [5.41, 5.74) is -3.65. The lowest BCUT2D eigenvalue weighted by Crippen LogP contribution is -2.72. The molecule has 3 aliphatic heterocycles. The summed E-state index contributed by atoms with van der Waals surface area (Å²) in [4.78, 5) is 76.0. The lowest BCUT2D eigenvalue weighted by atomic mass is 9.98. The minimum absolute atomic E-state index is 0.716. The van der Waals surface area contributed by atoms with Crippen molar-refractivity contribution >= 4 is 41.6 Å². The first-order chi connectivity index (χ1) is 11.9. The van der Waals surface area contributed by atoms with E-state index < -0.39 is 58.5 Å². The first-order valence-electron chi connectivity index (χ1n) is 7.24. The van der Waals surface area contributed by atoms with Gasteiger partial charge in [-0.05, 0) is 20.8 Å². The molecule has 138 valence electrons. The zero-order valence-corrected chi connectivity index (χ0v) is 13.7. The van der Waals surface area contributed by atoms with Crippen LogP contribution >= 0.6 is 0 Å². The van der Waals surface area contributed by atoms with Crippen molar-refractivity contribution in [1.82, 2.24) is 21.3 Å². The van der Waals surface area contributed by atoms with E-state index in [4.69, 9.17) is 9.47 Å². The number of urea groups is 2. The molecule has 0 aliphatic carbocycles. The van der Waals surface area contributed by atoms with Gasteiger partial charge in [-0.15, -0.1) is 0 Å². The number of hydrogen-bond donors (Lipinski definition) is 4. The van der Waals surface area contributed by atoms with E-state index in [0.717, 1.165) is 0 Å². The maximum absolute atomic E-state index is 12.4. The zero-order chi connectivity index (χ0) is 19.5. The van der Waals surface area contributed by atoms with E-state index in [1.54, 1.807) is 42.0 Å². The van der Waals surface area contributed by atoms with Gasteiger partial charge in [0.25, 0.3) is 11.8 Å². The molecule has 3 fully saturated rings. The Morgan fingerprint density at radius 3 is 1.62 bits per heavy atom. The molecule has 3 heterocycles. The van der Waals surface area contributed by atoms with E-state index in [9.17, 15) is 28.8 Å². The Kier molecular flexibility index (Phi) is 3.41. The summed E-state index contributed by atoms with van der Waals surface area (Å²) < 4.78 is 10.4. The highest BCUT2D eigenvalue weighted by atomic mass is 16.8. The molecule has 0 aromatic heterocycles. The van der Waals surface area contributed by atoms with E-state index >= 15 is 0 Å². The Labute approximate surface area is 144 Å². The summed E-state index contributed by atoms with van der Waals surface area (Å²) in [7, 11) is 0. The number of amides is 8. The fourth-order valence-electron chi connectivity index (χ4n) is 2.39. The number of carbonyl (C=O) groups excluding carboxylic acids is 6. The predicted molar refractivity (Wildman–Crippen MR) is 78.2 cm³/mol. The van der Waals surface area contributed by atoms with E-state index in [1.807, 2.05) is 0 Å². The summed E-state index contributed by atoms with van der Waals surface area (Å²) in [6.07, 6.45) is 0. The first kappa shape index (κ1) is 17.5. The summed E-state index contributed by atoms with van der Waals surface area (Å²) in [5, 5.41) is 7.07. The largest absolute Gasteiger partial charge is 0.428 e. The summed E-state index contributed by atoms with van der Waals surface area (Å²) in [6.45, 7) is 4.74. The summed E-state index contributed by atoms with van der Waals surface area (Å²) in [5.74, 6) is -8.89. The zero-order valence-electron chi connectivity index (χ0n) is 13.7. The van der Waals surface area contributed by atoms with Gasteiger partial charge in [0.1, 0.15) is 0 Å². The van der Waals surface area contributed by atoms with Crippen molar-refractivity contribution in [3.63, 3.8) is 0 Å². The number of imide groups is 4. The maximum Gasteiger partial charge on any atom is 0.376 e. The molecular formula is C13H13N5O8. The Morgan fingerprint density at radius 1 is 0.769 bits per heavy atom. The molecule has 8 amide bonds. The molecule has 0 aromatic rings. The number of barbiturate groups is 2. The minimum atomic E-state index is -2.85. The van der Waals surface area contributed by atoms with Crippen LogP contribution in [0.3, 0.4) is 0 Å². The number of aliphatic imine (C=N–C) groups is 1. The Balaban J connectivity index is 2.18. The van der Waals surface area contributed by atoms with Crippen molar-refractivity contribution in [2.75, 3.05) is 0 Å². The molecule has 2 spiro atoms. The smallest absolute Gasteiger partial charge is 0.376 e. The molecule has 3 aliphatic rings. The molecule has 13 heteroatoms. The molecule has 13 nitrogen and oxygen atoms in total. The molecule has 0 saturated carbocycles. The highest BCUT2D eigenvalue weighted by molar-refractivity contribution is 6.36. The van der Waals surface area contributed by atoms with Crippen LogP contribution < -0.4 is 21.3 Å². The van der Waals surface area contributed by atoms with Gasteiger partial charge in [-0.1, -0.05) is 0 Å². The lowest BCUT2D eigenvalue weighted by Gasteiger charge is -2.30. The van der Waals surface area contributed by atoms with Crippen LogP contribution in [0, 0.1) is 0 Å². The van der Waals surface area contributed by atoms with Crippen molar-refractivity contribution in [2.45, 2.75) is 37.7 Å². The average molecular weight is 367 g/mol. The third-order valence-electron chi connectivity index (χ3n) is 3.42. The Bertz CT molecular complexity index is 783. The van der Waals surface area contributed by atoms with Gasteiger partial charge in [0.05, 0.1) is 5.54 Å². The number of carbonyl (C=O) groups is 6. The molecule has 4 N–H and O–H groups in total. The second-order valence-electron chi connectivity index (χ2n) is 6.56. The number of nitrogens with one attached hydrogen (secondary N) is 4. The molecule has 0 atom stereocenters. The normalized spacial score (nSPS) is 25.7. The van der Waals surface area contributed by atoms with Gasteiger partial charge < -0.3 is 4.74 Å². The van der Waals surface area contributed by atoms with Gasteiger partial charge in [-0.3, -0.25) is 45.2 Å². The standard InChI is InChI=1S/C13H13N5O8/c1-11(2,3)18-8-12(4(19)14-9(23)15-5(12)20)26-13(25-8)6(21)16-10(24)17-7(13)22/h1-3H3,(H2,14,15,19,20,23)(H2,16,17,21,22,24). The summed E-state index contributed by atoms with van der Waals surface area (Å²) >= 11 is 0. The van der Waals surface area contributed by atoms with Crippen molar-refractivity contribution in [1.29, 1.82) is 0 Å². The average Bonchev–Trinajstić information content (AvgIpc) is 2.79. The summed E-state index contributed by atoms with van der Waals surface area (Å²) in [6, 6.07) is -2.26.